The van der Waals surface area contributed by atoms with Crippen molar-refractivity contribution in [3.63, 3.8) is 0 Å². The van der Waals surface area contributed by atoms with Gasteiger partial charge in [-0.15, -0.1) is 0 Å². The number of halogens is 1. The summed E-state index contributed by atoms with van der Waals surface area (Å²) in [7, 11) is 0. The average Bonchev–Trinajstić information content (AvgIpc) is 3.78. The number of rotatable bonds is 5. The van der Waals surface area contributed by atoms with Crippen molar-refractivity contribution in [1.82, 2.24) is 29.9 Å². The van der Waals surface area contributed by atoms with Gasteiger partial charge in [0.1, 0.15) is 11.6 Å². The molecule has 5 heterocycles. The number of anilines is 3. The Morgan fingerprint density at radius 1 is 1.02 bits per heavy atom. The van der Waals surface area contributed by atoms with Gasteiger partial charge in [0.25, 0.3) is 5.56 Å². The third-order valence-electron chi connectivity index (χ3n) is 7.51. The molecule has 1 aliphatic heterocycles. The number of aromatic amines is 2. The van der Waals surface area contributed by atoms with Crippen molar-refractivity contribution < 1.29 is 13.9 Å². The number of hydrogen-bond donors (Lipinski definition) is 4. The number of nitrogens with two attached hydrogens (primary N) is 2. The van der Waals surface area contributed by atoms with Gasteiger partial charge in [0.2, 0.25) is 5.89 Å². The van der Waals surface area contributed by atoms with E-state index < -0.39 is 5.97 Å². The molecule has 0 fully saturated rings. The number of pyridine rings is 1. The molecule has 7 rings (SSSR count). The number of nitrogens with one attached hydrogen (secondary N) is 2. The van der Waals surface area contributed by atoms with E-state index in [-0.39, 0.29) is 35.0 Å². The molecule has 0 atom stereocenters. The molecule has 2 aromatic carbocycles. The van der Waals surface area contributed by atoms with Crippen molar-refractivity contribution in [2.24, 2.45) is 0 Å². The topological polar surface area (TPSA) is 187 Å². The minimum absolute atomic E-state index is 0.0335. The van der Waals surface area contributed by atoms with Gasteiger partial charge < -0.3 is 25.5 Å². The molecule has 0 amide bonds. The van der Waals surface area contributed by atoms with Crippen molar-refractivity contribution >= 4 is 54.6 Å². The Kier molecular flexibility index (Phi) is 8.19. The highest BCUT2D eigenvalue weighted by molar-refractivity contribution is 9.15. The fourth-order valence-corrected chi connectivity index (χ4v) is 5.78. The zero-order valence-electron chi connectivity index (χ0n) is 25.2. The Hall–Kier alpha value is -5.63. The molecule has 14 heteroatoms. The van der Waals surface area contributed by atoms with Crippen LogP contribution in [0.1, 0.15) is 39.8 Å². The highest BCUT2D eigenvalue weighted by Gasteiger charge is 2.23. The predicted molar refractivity (Wildman–Crippen MR) is 180 cm³/mol. The van der Waals surface area contributed by atoms with Crippen LogP contribution in [0.2, 0.25) is 0 Å². The number of hydrogen-bond acceptors (Lipinski definition) is 10. The molecule has 0 spiro atoms. The zero-order valence-corrected chi connectivity index (χ0v) is 26.8. The van der Waals surface area contributed by atoms with Crippen molar-refractivity contribution in [2.75, 3.05) is 23.0 Å². The first-order valence-electron chi connectivity index (χ1n) is 14.3. The number of para-hydroxylation sites is 2. The number of nitrogens with zero attached hydrogens (tertiary/aromatic N) is 5. The van der Waals surface area contributed by atoms with Gasteiger partial charge in [-0.25, -0.2) is 9.78 Å². The first-order chi connectivity index (χ1) is 22.2. The molecule has 6 N–H and O–H groups in total. The smallest absolute Gasteiger partial charge is 0.360 e. The molecule has 1 aliphatic rings. The number of oxazole rings is 1. The quantitative estimate of drug-likeness (QED) is 0.170. The Morgan fingerprint density at radius 2 is 1.70 bits per heavy atom. The number of carbonyl (C=O) groups excluding carboxylic acids is 1. The zero-order chi connectivity index (χ0) is 32.5. The number of esters is 1. The van der Waals surface area contributed by atoms with Crippen LogP contribution in [0.15, 0.2) is 76.4 Å². The van der Waals surface area contributed by atoms with Crippen LogP contribution in [0, 0.1) is 13.8 Å². The van der Waals surface area contributed by atoms with E-state index in [1.165, 1.54) is 22.1 Å². The Bertz CT molecular complexity index is 2180. The van der Waals surface area contributed by atoms with Crippen LogP contribution in [0.4, 0.5) is 17.3 Å². The Morgan fingerprint density at radius 3 is 2.39 bits per heavy atom. The maximum absolute atomic E-state index is 13.0. The van der Waals surface area contributed by atoms with Gasteiger partial charge in [-0.3, -0.25) is 19.6 Å². The van der Waals surface area contributed by atoms with Crippen molar-refractivity contribution in [3.8, 4) is 17.1 Å². The lowest BCUT2D eigenvalue weighted by molar-refractivity contribution is 0.0519. The summed E-state index contributed by atoms with van der Waals surface area (Å²) >= 11 is 3.56. The summed E-state index contributed by atoms with van der Waals surface area (Å²) in [6.07, 6.45) is 4.86. The van der Waals surface area contributed by atoms with Gasteiger partial charge in [-0.05, 0) is 60.0 Å². The van der Waals surface area contributed by atoms with Crippen LogP contribution >= 0.6 is 15.9 Å². The summed E-state index contributed by atoms with van der Waals surface area (Å²) in [5.74, 6) is 0.180. The van der Waals surface area contributed by atoms with Crippen LogP contribution in [-0.2, 0) is 11.3 Å². The average molecular weight is 685 g/mol. The first kappa shape index (κ1) is 30.4. The minimum Gasteiger partial charge on any atom is -0.461 e. The maximum atomic E-state index is 13.0. The molecule has 6 aromatic rings. The highest BCUT2D eigenvalue weighted by atomic mass is 79.9. The van der Waals surface area contributed by atoms with E-state index in [0.29, 0.717) is 22.6 Å². The van der Waals surface area contributed by atoms with Crippen molar-refractivity contribution in [3.05, 3.63) is 106 Å². The van der Waals surface area contributed by atoms with Gasteiger partial charge in [-0.1, -0.05) is 36.4 Å². The second-order valence-corrected chi connectivity index (χ2v) is 11.3. The van der Waals surface area contributed by atoms with Crippen LogP contribution in [0.25, 0.3) is 32.5 Å². The van der Waals surface area contributed by atoms with E-state index in [1.807, 2.05) is 43.3 Å². The van der Waals surface area contributed by atoms with E-state index >= 15 is 0 Å². The molecular formula is C32H30BrN9O4. The van der Waals surface area contributed by atoms with Crippen LogP contribution in [0.3, 0.4) is 0 Å². The van der Waals surface area contributed by atoms with E-state index in [4.69, 9.17) is 20.6 Å². The van der Waals surface area contributed by atoms with Gasteiger partial charge >= 0.3 is 5.97 Å². The Labute approximate surface area is 271 Å². The molecule has 0 saturated carbocycles. The molecule has 13 nitrogen and oxygen atoms in total. The van der Waals surface area contributed by atoms with E-state index in [0.717, 1.165) is 27.8 Å². The van der Waals surface area contributed by atoms with Crippen LogP contribution in [0.5, 0.6) is 0 Å². The molecule has 0 bridgehead atoms. The van der Waals surface area contributed by atoms with Gasteiger partial charge in [-0.2, -0.15) is 10.2 Å². The third-order valence-corrected chi connectivity index (χ3v) is 8.11. The fraction of sp³-hybridized carbons (Fsp3) is 0.156. The van der Waals surface area contributed by atoms with Crippen LogP contribution in [-0.4, -0.2) is 42.5 Å². The molecule has 4 aromatic heterocycles. The van der Waals surface area contributed by atoms with Crippen molar-refractivity contribution in [2.45, 2.75) is 27.3 Å². The molecule has 0 radical (unpaired) electrons. The van der Waals surface area contributed by atoms with Crippen molar-refractivity contribution in [1.29, 1.82) is 0 Å². The van der Waals surface area contributed by atoms with Gasteiger partial charge in [0.05, 0.1) is 40.1 Å². The second kappa shape index (κ2) is 12.4. The Balaban J connectivity index is 0.000000178. The number of ether oxygens (including phenoxy) is 1. The number of aryl methyl sites for hydroxylation is 2. The lowest BCUT2D eigenvalue weighted by Gasteiger charge is -2.26. The fourth-order valence-electron chi connectivity index (χ4n) is 5.21. The third kappa shape index (κ3) is 5.54. The normalized spacial score (nSPS) is 12.3. The largest absolute Gasteiger partial charge is 0.461 e. The maximum Gasteiger partial charge on any atom is 0.360 e. The highest BCUT2D eigenvalue weighted by Crippen LogP contribution is 2.35. The monoisotopic (exact) mass is 683 g/mol. The standard InChI is InChI=1S/C19H17N5O4.C13H13BrN4/c1-3-27-19(26)12-9-28-17(21-12)11-8-24(13-7-5-4-6-10(13)2)18(25)14-15(11)22-23-16(14)20;1-8-4-2-3-5-11(8)18-6-9-12(10(14)7-18)16-17-13(9)15/h4-9H,3H2,1-2H3,(H3,20,22,23);2-5,7H,6H2,1H3,(H3,15,16,17). The lowest BCUT2D eigenvalue weighted by atomic mass is 10.1. The molecule has 234 valence electrons. The second-order valence-electron chi connectivity index (χ2n) is 10.5. The molecule has 0 unspecified atom stereocenters. The lowest BCUT2D eigenvalue weighted by Crippen LogP contribution is -2.21. The number of nitrogen functional groups attached to an aromatic ring is 2. The molecular weight excluding hydrogens is 654 g/mol. The number of carbonyl (C=O) groups is 1. The van der Waals surface area contributed by atoms with Crippen LogP contribution < -0.4 is 21.9 Å². The number of fused-ring (bicyclic) bond motifs is 2. The summed E-state index contributed by atoms with van der Waals surface area (Å²) in [6.45, 7) is 6.66. The van der Waals surface area contributed by atoms with Gasteiger partial charge in [0.15, 0.2) is 17.3 Å². The summed E-state index contributed by atoms with van der Waals surface area (Å²) in [5.41, 5.74) is 18.3. The molecule has 46 heavy (non-hydrogen) atoms. The number of aromatic nitrogens is 6. The van der Waals surface area contributed by atoms with E-state index in [9.17, 15) is 9.59 Å². The van der Waals surface area contributed by atoms with E-state index in [2.05, 4.69) is 71.5 Å². The van der Waals surface area contributed by atoms with E-state index in [1.54, 1.807) is 13.1 Å². The summed E-state index contributed by atoms with van der Waals surface area (Å²) in [4.78, 5) is 31.3. The minimum atomic E-state index is -0.593. The summed E-state index contributed by atoms with van der Waals surface area (Å²) in [6, 6.07) is 15.7. The predicted octanol–water partition coefficient (Wildman–Crippen LogP) is 5.45. The number of benzene rings is 2. The van der Waals surface area contributed by atoms with Gasteiger partial charge in [0, 0.05) is 23.6 Å². The summed E-state index contributed by atoms with van der Waals surface area (Å²) < 4.78 is 12.9. The first-order valence-corrected chi connectivity index (χ1v) is 15.1. The SMILES string of the molecule is CCOC(=O)c1coc(-c2cn(-c3ccccc3C)c(=O)c3c(N)n[nH]c23)n1.Cc1ccccc1N1C=C(Br)c2[nH]nc(N)c2C1. The number of H-pyrrole nitrogens is 2. The summed E-state index contributed by atoms with van der Waals surface area (Å²) in [5, 5.41) is 13.9. The molecule has 0 saturated heterocycles. The molecule has 0 aliphatic carbocycles.